The summed E-state index contributed by atoms with van der Waals surface area (Å²) in [6.45, 7) is 5.01. The van der Waals surface area contributed by atoms with Gasteiger partial charge in [-0.25, -0.2) is 0 Å². The summed E-state index contributed by atoms with van der Waals surface area (Å²) in [5.41, 5.74) is 2.40. The third-order valence-corrected chi connectivity index (χ3v) is 3.66. The van der Waals surface area contributed by atoms with E-state index < -0.39 is 0 Å². The predicted molar refractivity (Wildman–Crippen MR) is 70.1 cm³/mol. The molecule has 1 aromatic rings. The molecule has 1 aromatic carbocycles. The number of ether oxygens (including phenoxy) is 1. The SMILES string of the molecule is CCCO[C@@H]1Cc2c(ccc(C=O)c2O)C[C@H]1C. The first kappa shape index (κ1) is 13.1. The minimum atomic E-state index is 0.138. The van der Waals surface area contributed by atoms with Crippen LogP contribution in [0.25, 0.3) is 0 Å². The van der Waals surface area contributed by atoms with Gasteiger partial charge in [0.1, 0.15) is 5.75 Å². The van der Waals surface area contributed by atoms with Gasteiger partial charge in [-0.2, -0.15) is 0 Å². The minimum absolute atomic E-state index is 0.138. The van der Waals surface area contributed by atoms with Crippen LogP contribution in [0.1, 0.15) is 41.8 Å². The van der Waals surface area contributed by atoms with Crippen molar-refractivity contribution in [1.29, 1.82) is 0 Å². The Morgan fingerprint density at radius 3 is 2.89 bits per heavy atom. The smallest absolute Gasteiger partial charge is 0.153 e. The van der Waals surface area contributed by atoms with Gasteiger partial charge in [-0.3, -0.25) is 4.79 Å². The van der Waals surface area contributed by atoms with E-state index in [1.165, 1.54) is 0 Å². The van der Waals surface area contributed by atoms with Gasteiger partial charge < -0.3 is 9.84 Å². The van der Waals surface area contributed by atoms with E-state index in [-0.39, 0.29) is 11.9 Å². The van der Waals surface area contributed by atoms with Gasteiger partial charge in [0.15, 0.2) is 6.29 Å². The topological polar surface area (TPSA) is 46.5 Å². The highest BCUT2D eigenvalue weighted by molar-refractivity contribution is 5.80. The lowest BCUT2D eigenvalue weighted by Crippen LogP contribution is -2.31. The number of carbonyl (C=O) groups excluding carboxylic acids is 1. The van der Waals surface area contributed by atoms with Crippen molar-refractivity contribution in [3.05, 3.63) is 28.8 Å². The predicted octanol–water partition coefficient (Wildman–Crippen LogP) is 2.73. The molecule has 3 heteroatoms. The second-order valence-electron chi connectivity index (χ2n) is 5.05. The van der Waals surface area contributed by atoms with Crippen molar-refractivity contribution >= 4 is 6.29 Å². The number of fused-ring (bicyclic) bond motifs is 1. The van der Waals surface area contributed by atoms with E-state index >= 15 is 0 Å². The Kier molecular flexibility index (Phi) is 4.02. The Bertz CT molecular complexity index is 440. The molecular weight excluding hydrogens is 228 g/mol. The van der Waals surface area contributed by atoms with Crippen molar-refractivity contribution in [2.24, 2.45) is 5.92 Å². The van der Waals surface area contributed by atoms with Crippen molar-refractivity contribution in [3.8, 4) is 5.75 Å². The molecular formula is C15H20O3. The summed E-state index contributed by atoms with van der Waals surface area (Å²) >= 11 is 0. The standard InChI is InChI=1S/C15H20O3/c1-3-6-18-14-8-13-11(7-10(14)2)4-5-12(9-16)15(13)17/h4-5,9-10,14,17H,3,6-8H2,1-2H3/t10-,14-/m1/s1. The Morgan fingerprint density at radius 2 is 2.22 bits per heavy atom. The van der Waals surface area contributed by atoms with Gasteiger partial charge in [0.25, 0.3) is 0 Å². The quantitative estimate of drug-likeness (QED) is 0.833. The number of aldehydes is 1. The molecule has 0 spiro atoms. The summed E-state index contributed by atoms with van der Waals surface area (Å²) in [6.07, 6.45) is 3.44. The number of benzene rings is 1. The van der Waals surface area contributed by atoms with Gasteiger partial charge in [-0.05, 0) is 30.4 Å². The van der Waals surface area contributed by atoms with Crippen molar-refractivity contribution in [2.75, 3.05) is 6.61 Å². The van der Waals surface area contributed by atoms with Crippen LogP contribution in [-0.4, -0.2) is 24.1 Å². The van der Waals surface area contributed by atoms with Crippen LogP contribution in [0.5, 0.6) is 5.75 Å². The van der Waals surface area contributed by atoms with Gasteiger partial charge in [0.05, 0.1) is 11.7 Å². The molecule has 0 fully saturated rings. The zero-order chi connectivity index (χ0) is 13.1. The molecule has 0 radical (unpaired) electrons. The lowest BCUT2D eigenvalue weighted by atomic mass is 9.81. The second kappa shape index (κ2) is 5.53. The maximum absolute atomic E-state index is 10.8. The zero-order valence-corrected chi connectivity index (χ0v) is 11.0. The van der Waals surface area contributed by atoms with Crippen molar-refractivity contribution < 1.29 is 14.6 Å². The molecule has 0 aromatic heterocycles. The first-order valence-electron chi connectivity index (χ1n) is 6.57. The first-order chi connectivity index (χ1) is 8.67. The number of phenols is 1. The summed E-state index contributed by atoms with van der Waals surface area (Å²) in [7, 11) is 0. The summed E-state index contributed by atoms with van der Waals surface area (Å²) < 4.78 is 5.83. The van der Waals surface area contributed by atoms with Crippen molar-refractivity contribution in [3.63, 3.8) is 0 Å². The van der Waals surface area contributed by atoms with Crippen LogP contribution in [0.4, 0.5) is 0 Å². The van der Waals surface area contributed by atoms with Crippen LogP contribution in [0, 0.1) is 5.92 Å². The van der Waals surface area contributed by atoms with Gasteiger partial charge in [0.2, 0.25) is 0 Å². The monoisotopic (exact) mass is 248 g/mol. The summed E-state index contributed by atoms with van der Waals surface area (Å²) in [6, 6.07) is 3.65. The average molecular weight is 248 g/mol. The molecule has 0 saturated carbocycles. The molecule has 1 N–H and O–H groups in total. The largest absolute Gasteiger partial charge is 0.507 e. The number of phenolic OH excluding ortho intramolecular Hbond substituents is 1. The van der Waals surface area contributed by atoms with Gasteiger partial charge in [0, 0.05) is 18.6 Å². The van der Waals surface area contributed by atoms with Crippen LogP contribution in [-0.2, 0) is 17.6 Å². The Labute approximate surface area is 108 Å². The maximum Gasteiger partial charge on any atom is 0.153 e. The number of rotatable bonds is 4. The average Bonchev–Trinajstić information content (AvgIpc) is 2.37. The number of hydrogen-bond acceptors (Lipinski definition) is 3. The van der Waals surface area contributed by atoms with Crippen molar-refractivity contribution in [1.82, 2.24) is 0 Å². The fourth-order valence-corrected chi connectivity index (χ4v) is 2.58. The van der Waals surface area contributed by atoms with Gasteiger partial charge in [-0.15, -0.1) is 0 Å². The van der Waals surface area contributed by atoms with Crippen LogP contribution >= 0.6 is 0 Å². The molecule has 0 saturated heterocycles. The number of hydrogen-bond donors (Lipinski definition) is 1. The maximum atomic E-state index is 10.8. The molecule has 0 unspecified atom stereocenters. The summed E-state index contributed by atoms with van der Waals surface area (Å²) in [5, 5.41) is 10.1. The minimum Gasteiger partial charge on any atom is -0.507 e. The summed E-state index contributed by atoms with van der Waals surface area (Å²) in [4.78, 5) is 10.8. The third-order valence-electron chi connectivity index (χ3n) is 3.66. The highest BCUT2D eigenvalue weighted by atomic mass is 16.5. The van der Waals surface area contributed by atoms with Gasteiger partial charge >= 0.3 is 0 Å². The Balaban J connectivity index is 2.27. The van der Waals surface area contributed by atoms with E-state index in [0.29, 0.717) is 24.2 Å². The van der Waals surface area contributed by atoms with Gasteiger partial charge in [-0.1, -0.05) is 19.9 Å². The lowest BCUT2D eigenvalue weighted by molar-refractivity contribution is 0.0129. The van der Waals surface area contributed by atoms with Crippen LogP contribution in [0.3, 0.4) is 0 Å². The lowest BCUT2D eigenvalue weighted by Gasteiger charge is -2.31. The van der Waals surface area contributed by atoms with E-state index in [9.17, 15) is 9.90 Å². The highest BCUT2D eigenvalue weighted by Crippen LogP contribution is 2.34. The molecule has 0 bridgehead atoms. The third kappa shape index (κ3) is 2.41. The molecule has 0 amide bonds. The fourth-order valence-electron chi connectivity index (χ4n) is 2.58. The molecule has 1 aliphatic carbocycles. The highest BCUT2D eigenvalue weighted by Gasteiger charge is 2.28. The molecule has 18 heavy (non-hydrogen) atoms. The van der Waals surface area contributed by atoms with Crippen LogP contribution < -0.4 is 0 Å². The summed E-state index contributed by atoms with van der Waals surface area (Å²) in [5.74, 6) is 0.588. The number of carbonyl (C=O) groups is 1. The molecule has 98 valence electrons. The van der Waals surface area contributed by atoms with Crippen LogP contribution in [0.15, 0.2) is 12.1 Å². The molecule has 0 aliphatic heterocycles. The van der Waals surface area contributed by atoms with E-state index in [0.717, 1.165) is 30.6 Å². The first-order valence-corrected chi connectivity index (χ1v) is 6.57. The van der Waals surface area contributed by atoms with E-state index in [1.54, 1.807) is 6.07 Å². The van der Waals surface area contributed by atoms with E-state index in [2.05, 4.69) is 13.8 Å². The zero-order valence-electron chi connectivity index (χ0n) is 11.0. The van der Waals surface area contributed by atoms with Crippen LogP contribution in [0.2, 0.25) is 0 Å². The van der Waals surface area contributed by atoms with E-state index in [1.807, 2.05) is 6.07 Å². The Morgan fingerprint density at radius 1 is 1.44 bits per heavy atom. The normalized spacial score (nSPS) is 22.6. The molecule has 2 atom stereocenters. The fraction of sp³-hybridized carbons (Fsp3) is 0.533. The van der Waals surface area contributed by atoms with Crippen molar-refractivity contribution in [2.45, 2.75) is 39.2 Å². The van der Waals surface area contributed by atoms with E-state index in [4.69, 9.17) is 4.74 Å². The molecule has 1 aliphatic rings. The molecule has 3 nitrogen and oxygen atoms in total. The number of aromatic hydroxyl groups is 1. The second-order valence-corrected chi connectivity index (χ2v) is 5.05. The molecule has 2 rings (SSSR count). The Hall–Kier alpha value is -1.35. The molecule has 0 heterocycles.